The van der Waals surface area contributed by atoms with E-state index in [-0.39, 0.29) is 17.8 Å². The summed E-state index contributed by atoms with van der Waals surface area (Å²) in [6.45, 7) is 3.29. The summed E-state index contributed by atoms with van der Waals surface area (Å²) in [6.07, 6.45) is -0.265. The van der Waals surface area contributed by atoms with Gasteiger partial charge >= 0.3 is 6.09 Å². The Morgan fingerprint density at radius 3 is 2.42 bits per heavy atom. The fourth-order valence-corrected chi connectivity index (χ4v) is 3.09. The van der Waals surface area contributed by atoms with Crippen LogP contribution in [-0.4, -0.2) is 29.9 Å². The monoisotopic (exact) mass is 259 g/mol. The van der Waals surface area contributed by atoms with Gasteiger partial charge in [-0.05, 0) is 24.3 Å². The van der Waals surface area contributed by atoms with Gasteiger partial charge in [0.15, 0.2) is 0 Å². The minimum absolute atomic E-state index is 0.193. The first-order chi connectivity index (χ1) is 9.16. The number of Topliss-reactive ketones (excluding diaryl/α,β-unsaturated/α-hetero) is 1. The number of amides is 1. The molecule has 1 aromatic rings. The average Bonchev–Trinajstić information content (AvgIpc) is 2.93. The zero-order chi connectivity index (χ0) is 13.4. The average molecular weight is 259 g/mol. The molecule has 1 amide bonds. The molecule has 1 aromatic carbocycles. The molecule has 4 nitrogen and oxygen atoms in total. The first kappa shape index (κ1) is 12.2. The number of fused-ring (bicyclic) bond motifs is 1. The molecule has 2 fully saturated rings. The van der Waals surface area contributed by atoms with Crippen molar-refractivity contribution >= 4 is 11.9 Å². The lowest BCUT2D eigenvalue weighted by Crippen LogP contribution is -2.32. The second-order valence-electron chi connectivity index (χ2n) is 5.41. The summed E-state index contributed by atoms with van der Waals surface area (Å²) < 4.78 is 5.28. The summed E-state index contributed by atoms with van der Waals surface area (Å²) in [7, 11) is 0. The van der Waals surface area contributed by atoms with E-state index in [9.17, 15) is 9.59 Å². The van der Waals surface area contributed by atoms with Crippen LogP contribution >= 0.6 is 0 Å². The van der Waals surface area contributed by atoms with E-state index in [1.165, 1.54) is 0 Å². The highest BCUT2D eigenvalue weighted by Gasteiger charge is 2.59. The smallest absolute Gasteiger partial charge is 0.410 e. The number of hydrogen-bond acceptors (Lipinski definition) is 3. The zero-order valence-electron chi connectivity index (χ0n) is 10.9. The molecule has 19 heavy (non-hydrogen) atoms. The maximum atomic E-state index is 11.9. The number of carbonyl (C=O) groups is 2. The highest BCUT2D eigenvalue weighted by molar-refractivity contribution is 5.83. The van der Waals surface area contributed by atoms with Crippen molar-refractivity contribution in [2.45, 2.75) is 13.5 Å². The Morgan fingerprint density at radius 1 is 1.21 bits per heavy atom. The predicted molar refractivity (Wildman–Crippen MR) is 69.4 cm³/mol. The summed E-state index contributed by atoms with van der Waals surface area (Å²) in [5, 5.41) is 0. The second kappa shape index (κ2) is 4.68. The molecule has 3 rings (SSSR count). The van der Waals surface area contributed by atoms with Crippen molar-refractivity contribution in [3.63, 3.8) is 0 Å². The molecular formula is C15H17NO3. The van der Waals surface area contributed by atoms with Crippen LogP contribution in [-0.2, 0) is 16.1 Å². The van der Waals surface area contributed by atoms with Crippen LogP contribution in [0, 0.1) is 17.8 Å². The number of hydrogen-bond donors (Lipinski definition) is 0. The molecule has 0 aromatic heterocycles. The third kappa shape index (κ3) is 2.35. The standard InChI is InChI=1S/C15H17NO3/c1-10(17)14-12-7-16(8-13(12)14)15(18)19-9-11-5-3-2-4-6-11/h2-6,12-14H,7-9H2,1H3/t12-,13+,14?. The second-order valence-corrected chi connectivity index (χ2v) is 5.41. The summed E-state index contributed by atoms with van der Waals surface area (Å²) in [5.74, 6) is 1.20. The largest absolute Gasteiger partial charge is 0.445 e. The van der Waals surface area contributed by atoms with E-state index >= 15 is 0 Å². The van der Waals surface area contributed by atoms with Crippen molar-refractivity contribution < 1.29 is 14.3 Å². The quantitative estimate of drug-likeness (QED) is 0.835. The summed E-state index contributed by atoms with van der Waals surface area (Å²) in [6, 6.07) is 9.64. The number of piperidine rings is 1. The Balaban J connectivity index is 1.47. The van der Waals surface area contributed by atoms with Gasteiger partial charge in [0.25, 0.3) is 0 Å². The van der Waals surface area contributed by atoms with Gasteiger partial charge in [0, 0.05) is 19.0 Å². The van der Waals surface area contributed by atoms with E-state index in [0.717, 1.165) is 5.56 Å². The minimum atomic E-state index is -0.265. The Labute approximate surface area is 112 Å². The molecule has 0 spiro atoms. The van der Waals surface area contributed by atoms with Crippen LogP contribution in [0.5, 0.6) is 0 Å². The molecule has 1 aliphatic heterocycles. The first-order valence-corrected chi connectivity index (χ1v) is 6.63. The van der Waals surface area contributed by atoms with Gasteiger partial charge in [-0.1, -0.05) is 30.3 Å². The molecule has 0 bridgehead atoms. The molecule has 0 radical (unpaired) electrons. The Bertz CT molecular complexity index is 487. The van der Waals surface area contributed by atoms with Gasteiger partial charge < -0.3 is 9.64 Å². The van der Waals surface area contributed by atoms with Gasteiger partial charge in [-0.25, -0.2) is 4.79 Å². The molecule has 1 unspecified atom stereocenters. The number of likely N-dealkylation sites (tertiary alicyclic amines) is 1. The van der Waals surface area contributed by atoms with Crippen LogP contribution in [0.2, 0.25) is 0 Å². The molecule has 1 aliphatic carbocycles. The summed E-state index contributed by atoms with van der Waals surface area (Å²) in [4.78, 5) is 24.9. The van der Waals surface area contributed by atoms with Gasteiger partial charge in [-0.2, -0.15) is 0 Å². The van der Waals surface area contributed by atoms with Gasteiger partial charge in [0.1, 0.15) is 12.4 Å². The van der Waals surface area contributed by atoms with Gasteiger partial charge in [-0.3, -0.25) is 4.79 Å². The summed E-state index contributed by atoms with van der Waals surface area (Å²) in [5.41, 5.74) is 0.988. The fourth-order valence-electron chi connectivity index (χ4n) is 3.09. The van der Waals surface area contributed by atoms with Gasteiger partial charge in [-0.15, -0.1) is 0 Å². The van der Waals surface area contributed by atoms with E-state index in [1.54, 1.807) is 11.8 Å². The van der Waals surface area contributed by atoms with Crippen LogP contribution in [0.3, 0.4) is 0 Å². The van der Waals surface area contributed by atoms with Crippen molar-refractivity contribution in [1.29, 1.82) is 0 Å². The lowest BCUT2D eigenvalue weighted by atomic mass is 10.2. The topological polar surface area (TPSA) is 46.6 Å². The molecular weight excluding hydrogens is 242 g/mol. The van der Waals surface area contributed by atoms with Crippen molar-refractivity contribution in [3.05, 3.63) is 35.9 Å². The first-order valence-electron chi connectivity index (χ1n) is 6.63. The lowest BCUT2D eigenvalue weighted by molar-refractivity contribution is -0.119. The number of nitrogens with zero attached hydrogens (tertiary/aromatic N) is 1. The summed E-state index contributed by atoms with van der Waals surface area (Å²) >= 11 is 0. The normalized spacial score (nSPS) is 27.8. The van der Waals surface area contributed by atoms with Crippen LogP contribution in [0.1, 0.15) is 12.5 Å². The van der Waals surface area contributed by atoms with Gasteiger partial charge in [0.2, 0.25) is 0 Å². The molecule has 4 heteroatoms. The lowest BCUT2D eigenvalue weighted by Gasteiger charge is -2.18. The van der Waals surface area contributed by atoms with Crippen molar-refractivity contribution in [2.75, 3.05) is 13.1 Å². The number of ether oxygens (including phenoxy) is 1. The molecule has 1 heterocycles. The van der Waals surface area contributed by atoms with Gasteiger partial charge in [0.05, 0.1) is 0 Å². The van der Waals surface area contributed by atoms with E-state index in [1.807, 2.05) is 30.3 Å². The van der Waals surface area contributed by atoms with Crippen molar-refractivity contribution in [1.82, 2.24) is 4.90 Å². The third-order valence-corrected chi connectivity index (χ3v) is 4.13. The van der Waals surface area contributed by atoms with E-state index in [2.05, 4.69) is 0 Å². The number of ketones is 1. The van der Waals surface area contributed by atoms with E-state index in [4.69, 9.17) is 4.74 Å². The van der Waals surface area contributed by atoms with Crippen LogP contribution in [0.25, 0.3) is 0 Å². The van der Waals surface area contributed by atoms with E-state index in [0.29, 0.717) is 31.5 Å². The van der Waals surface area contributed by atoms with Crippen molar-refractivity contribution in [2.24, 2.45) is 17.8 Å². The van der Waals surface area contributed by atoms with Crippen LogP contribution in [0.15, 0.2) is 30.3 Å². The van der Waals surface area contributed by atoms with E-state index < -0.39 is 0 Å². The SMILES string of the molecule is CC(=O)C1[C@H]2CN(C(=O)OCc3ccccc3)C[C@@H]12. The number of benzene rings is 1. The molecule has 3 atom stereocenters. The molecule has 0 N–H and O–H groups in total. The molecule has 100 valence electrons. The van der Waals surface area contributed by atoms with Crippen molar-refractivity contribution in [3.8, 4) is 0 Å². The Morgan fingerprint density at radius 2 is 1.84 bits per heavy atom. The molecule has 1 saturated carbocycles. The highest BCUT2D eigenvalue weighted by Crippen LogP contribution is 2.52. The third-order valence-electron chi connectivity index (χ3n) is 4.13. The molecule has 2 aliphatic rings. The highest BCUT2D eigenvalue weighted by atomic mass is 16.6. The predicted octanol–water partition coefficient (Wildman–Crippen LogP) is 2.09. The Hall–Kier alpha value is -1.84. The maximum Gasteiger partial charge on any atom is 0.410 e. The number of rotatable bonds is 3. The molecule has 1 saturated heterocycles. The minimum Gasteiger partial charge on any atom is -0.445 e. The zero-order valence-corrected chi connectivity index (χ0v) is 10.9. The number of carbonyl (C=O) groups excluding carboxylic acids is 2. The van der Waals surface area contributed by atoms with Crippen LogP contribution in [0.4, 0.5) is 4.79 Å². The van der Waals surface area contributed by atoms with Crippen LogP contribution < -0.4 is 0 Å². The maximum absolute atomic E-state index is 11.9. The Kier molecular flexibility index (Phi) is 3.01. The fraction of sp³-hybridized carbons (Fsp3) is 0.467.